The summed E-state index contributed by atoms with van der Waals surface area (Å²) in [5.74, 6) is 0.664. The van der Waals surface area contributed by atoms with Gasteiger partial charge in [0, 0.05) is 6.61 Å². The first kappa shape index (κ1) is 16.4. The van der Waals surface area contributed by atoms with Crippen molar-refractivity contribution in [3.63, 3.8) is 0 Å². The van der Waals surface area contributed by atoms with Crippen molar-refractivity contribution in [3.05, 3.63) is 41.5 Å². The first-order valence-electron chi connectivity index (χ1n) is 7.19. The van der Waals surface area contributed by atoms with Crippen LogP contribution in [0.4, 0.5) is 0 Å². The molecule has 0 saturated heterocycles. The molecule has 110 valence electrons. The maximum Gasteiger partial charge on any atom is 0.153 e. The van der Waals surface area contributed by atoms with Gasteiger partial charge in [0.2, 0.25) is 0 Å². The lowest BCUT2D eigenvalue weighted by atomic mass is 10.0. The first-order valence-corrected chi connectivity index (χ1v) is 7.19. The van der Waals surface area contributed by atoms with Gasteiger partial charge in [-0.3, -0.25) is 4.79 Å². The smallest absolute Gasteiger partial charge is 0.153 e. The third-order valence-electron chi connectivity index (χ3n) is 2.98. The number of aldehydes is 1. The molecule has 1 aromatic rings. The van der Waals surface area contributed by atoms with E-state index in [2.05, 4.69) is 26.5 Å². The molecule has 0 aliphatic heterocycles. The van der Waals surface area contributed by atoms with E-state index in [1.165, 1.54) is 0 Å². The molecular weight excluding hydrogens is 252 g/mol. The van der Waals surface area contributed by atoms with Gasteiger partial charge in [-0.1, -0.05) is 26.0 Å². The van der Waals surface area contributed by atoms with Gasteiger partial charge in [-0.15, -0.1) is 6.58 Å². The van der Waals surface area contributed by atoms with Crippen LogP contribution in [0.3, 0.4) is 0 Å². The molecule has 0 N–H and O–H groups in total. The van der Waals surface area contributed by atoms with Gasteiger partial charge in [0.1, 0.15) is 12.4 Å². The largest absolute Gasteiger partial charge is 0.490 e. The van der Waals surface area contributed by atoms with E-state index < -0.39 is 0 Å². The highest BCUT2D eigenvalue weighted by molar-refractivity contribution is 5.80. The van der Waals surface area contributed by atoms with Crippen molar-refractivity contribution < 1.29 is 14.3 Å². The van der Waals surface area contributed by atoms with Gasteiger partial charge in [0.05, 0.1) is 12.2 Å². The zero-order valence-corrected chi connectivity index (χ0v) is 12.5. The summed E-state index contributed by atoms with van der Waals surface area (Å²) in [7, 11) is 0. The predicted molar refractivity (Wildman–Crippen MR) is 81.7 cm³/mol. The molecule has 0 aliphatic rings. The molecular formula is C17H24O3. The molecule has 0 aromatic heterocycles. The van der Waals surface area contributed by atoms with E-state index in [4.69, 9.17) is 9.47 Å². The standard InChI is InChI=1S/C17H24O3/c1-4-7-15-11-14(6-3)12-16(13-18)17(15)20-10-9-19-8-5-2/h4,11-13H,1,5-10H2,2-3H3. The highest BCUT2D eigenvalue weighted by Gasteiger charge is 2.11. The maximum absolute atomic E-state index is 11.3. The summed E-state index contributed by atoms with van der Waals surface area (Å²) in [4.78, 5) is 11.3. The van der Waals surface area contributed by atoms with Crippen LogP contribution in [0, 0.1) is 0 Å². The van der Waals surface area contributed by atoms with Gasteiger partial charge in [-0.25, -0.2) is 0 Å². The molecule has 0 atom stereocenters. The van der Waals surface area contributed by atoms with Crippen molar-refractivity contribution in [2.75, 3.05) is 19.8 Å². The SMILES string of the molecule is C=CCc1cc(CC)cc(C=O)c1OCCOCCC. The second kappa shape index (κ2) is 9.32. The van der Waals surface area contributed by atoms with Gasteiger partial charge < -0.3 is 9.47 Å². The van der Waals surface area contributed by atoms with Gasteiger partial charge in [-0.05, 0) is 36.5 Å². The van der Waals surface area contributed by atoms with Crippen molar-refractivity contribution in [1.29, 1.82) is 0 Å². The van der Waals surface area contributed by atoms with Crippen molar-refractivity contribution in [1.82, 2.24) is 0 Å². The molecule has 3 nitrogen and oxygen atoms in total. The Hall–Kier alpha value is -1.61. The van der Waals surface area contributed by atoms with E-state index in [0.29, 0.717) is 30.9 Å². The lowest BCUT2D eigenvalue weighted by molar-refractivity contribution is 0.0989. The fourth-order valence-electron chi connectivity index (χ4n) is 2.01. The fraction of sp³-hybridized carbons (Fsp3) is 0.471. The normalized spacial score (nSPS) is 10.3. The topological polar surface area (TPSA) is 35.5 Å². The Morgan fingerprint density at radius 2 is 2.00 bits per heavy atom. The summed E-state index contributed by atoms with van der Waals surface area (Å²) in [5.41, 5.74) is 2.76. The Bertz CT molecular complexity index is 438. The van der Waals surface area contributed by atoms with Crippen LogP contribution in [-0.4, -0.2) is 26.1 Å². The summed E-state index contributed by atoms with van der Waals surface area (Å²) in [6.07, 6.45) is 5.26. The third kappa shape index (κ3) is 4.82. The average molecular weight is 276 g/mol. The zero-order valence-electron chi connectivity index (χ0n) is 12.5. The number of carbonyl (C=O) groups is 1. The molecule has 0 radical (unpaired) electrons. The number of allylic oxidation sites excluding steroid dienone is 1. The minimum Gasteiger partial charge on any atom is -0.490 e. The summed E-state index contributed by atoms with van der Waals surface area (Å²) in [5, 5.41) is 0. The van der Waals surface area contributed by atoms with Crippen molar-refractivity contribution in [2.24, 2.45) is 0 Å². The van der Waals surface area contributed by atoms with Gasteiger partial charge in [0.25, 0.3) is 0 Å². The highest BCUT2D eigenvalue weighted by atomic mass is 16.5. The average Bonchev–Trinajstić information content (AvgIpc) is 2.48. The number of hydrogen-bond acceptors (Lipinski definition) is 3. The van der Waals surface area contributed by atoms with Gasteiger partial charge in [-0.2, -0.15) is 0 Å². The van der Waals surface area contributed by atoms with E-state index in [-0.39, 0.29) is 0 Å². The highest BCUT2D eigenvalue weighted by Crippen LogP contribution is 2.26. The number of carbonyl (C=O) groups excluding carboxylic acids is 1. The Morgan fingerprint density at radius 3 is 2.60 bits per heavy atom. The second-order valence-electron chi connectivity index (χ2n) is 4.60. The molecule has 1 aromatic carbocycles. The molecule has 0 unspecified atom stereocenters. The van der Waals surface area contributed by atoms with Crippen LogP contribution in [0.1, 0.15) is 41.8 Å². The number of hydrogen-bond donors (Lipinski definition) is 0. The summed E-state index contributed by atoms with van der Waals surface area (Å²) in [6.45, 7) is 9.62. The zero-order chi connectivity index (χ0) is 14.8. The molecule has 1 rings (SSSR count). The number of benzene rings is 1. The van der Waals surface area contributed by atoms with Crippen LogP contribution >= 0.6 is 0 Å². The van der Waals surface area contributed by atoms with E-state index in [0.717, 1.165) is 36.9 Å². The molecule has 0 bridgehead atoms. The van der Waals surface area contributed by atoms with E-state index in [1.54, 1.807) is 0 Å². The molecule has 0 saturated carbocycles. The Kier molecular flexibility index (Phi) is 7.66. The Balaban J connectivity index is 2.84. The van der Waals surface area contributed by atoms with E-state index in [9.17, 15) is 4.79 Å². The quantitative estimate of drug-likeness (QED) is 0.372. The Labute approximate surface area is 121 Å². The van der Waals surface area contributed by atoms with Gasteiger partial charge >= 0.3 is 0 Å². The molecule has 0 aliphatic carbocycles. The van der Waals surface area contributed by atoms with Crippen molar-refractivity contribution in [2.45, 2.75) is 33.1 Å². The number of rotatable bonds is 10. The minimum absolute atomic E-state index is 0.455. The van der Waals surface area contributed by atoms with Crippen LogP contribution in [-0.2, 0) is 17.6 Å². The Morgan fingerprint density at radius 1 is 1.20 bits per heavy atom. The summed E-state index contributed by atoms with van der Waals surface area (Å²) < 4.78 is 11.1. The third-order valence-corrected chi connectivity index (χ3v) is 2.98. The predicted octanol–water partition coefficient (Wildman–Crippen LogP) is 3.60. The first-order chi connectivity index (χ1) is 9.76. The molecule has 0 heterocycles. The lowest BCUT2D eigenvalue weighted by Crippen LogP contribution is -2.10. The fourth-order valence-corrected chi connectivity index (χ4v) is 2.01. The summed E-state index contributed by atoms with van der Waals surface area (Å²) in [6, 6.07) is 3.97. The molecule has 3 heteroatoms. The van der Waals surface area contributed by atoms with Crippen molar-refractivity contribution in [3.8, 4) is 5.75 Å². The minimum atomic E-state index is 0.455. The monoisotopic (exact) mass is 276 g/mol. The number of aryl methyl sites for hydroxylation is 1. The second-order valence-corrected chi connectivity index (χ2v) is 4.60. The summed E-state index contributed by atoms with van der Waals surface area (Å²) >= 11 is 0. The van der Waals surface area contributed by atoms with Crippen molar-refractivity contribution >= 4 is 6.29 Å². The van der Waals surface area contributed by atoms with Crippen LogP contribution in [0.5, 0.6) is 5.75 Å². The molecule has 0 fully saturated rings. The van der Waals surface area contributed by atoms with Crippen LogP contribution in [0.25, 0.3) is 0 Å². The van der Waals surface area contributed by atoms with Crippen LogP contribution < -0.4 is 4.74 Å². The molecule has 0 spiro atoms. The number of ether oxygens (including phenoxy) is 2. The van der Waals surface area contributed by atoms with E-state index >= 15 is 0 Å². The molecule has 0 amide bonds. The van der Waals surface area contributed by atoms with Crippen LogP contribution in [0.15, 0.2) is 24.8 Å². The van der Waals surface area contributed by atoms with Crippen LogP contribution in [0.2, 0.25) is 0 Å². The molecule has 20 heavy (non-hydrogen) atoms. The maximum atomic E-state index is 11.3. The van der Waals surface area contributed by atoms with Gasteiger partial charge in [0.15, 0.2) is 6.29 Å². The van der Waals surface area contributed by atoms with E-state index in [1.807, 2.05) is 12.1 Å². The lowest BCUT2D eigenvalue weighted by Gasteiger charge is -2.14.